The molecule has 0 saturated heterocycles. The van der Waals surface area contributed by atoms with E-state index in [2.05, 4.69) is 70.3 Å². The maximum absolute atomic E-state index is 11.4. The molecule has 0 bridgehead atoms. The number of hydrogen-bond acceptors (Lipinski definition) is 5. The number of carbonyl (C=O) groups excluding carboxylic acids is 1. The molecule has 0 atom stereocenters. The topological polar surface area (TPSA) is 70.8 Å². The van der Waals surface area contributed by atoms with Crippen molar-refractivity contribution in [1.82, 2.24) is 14.8 Å². The zero-order valence-electron chi connectivity index (χ0n) is 16.7. The van der Waals surface area contributed by atoms with Gasteiger partial charge in [0.15, 0.2) is 5.16 Å². The van der Waals surface area contributed by atoms with Crippen LogP contribution in [0.4, 0.5) is 0 Å². The zero-order valence-corrected chi connectivity index (χ0v) is 21.1. The van der Waals surface area contributed by atoms with E-state index in [1.54, 1.807) is 13.8 Å². The first-order chi connectivity index (χ1) is 12.7. The van der Waals surface area contributed by atoms with Gasteiger partial charge in [-0.3, -0.25) is 4.57 Å². The van der Waals surface area contributed by atoms with Crippen LogP contribution in [0.1, 0.15) is 44.7 Å². The van der Waals surface area contributed by atoms with E-state index in [9.17, 15) is 9.90 Å². The molecule has 0 fully saturated rings. The number of hydrogen-bond donors (Lipinski definition) is 0. The molecule has 0 radical (unpaired) electrons. The third-order valence-corrected chi connectivity index (χ3v) is 6.26. The first-order valence-electron chi connectivity index (χ1n) is 8.70. The SMILES string of the molecule is CC(C)c1ccc(Cn2c(Br)nnc2SC(C)(C)C(=O)[O-])c2ccccc12.[Na+]. The summed E-state index contributed by atoms with van der Waals surface area (Å²) in [6, 6.07) is 12.6. The van der Waals surface area contributed by atoms with E-state index in [1.165, 1.54) is 16.3 Å². The van der Waals surface area contributed by atoms with Gasteiger partial charge in [0.05, 0.1) is 17.3 Å². The largest absolute Gasteiger partial charge is 1.00 e. The van der Waals surface area contributed by atoms with Crippen LogP contribution in [0.2, 0.25) is 0 Å². The minimum atomic E-state index is -1.13. The fourth-order valence-corrected chi connectivity index (χ4v) is 4.32. The van der Waals surface area contributed by atoms with E-state index in [0.717, 1.165) is 17.3 Å². The number of carboxylic acid groups (broad SMARTS) is 1. The van der Waals surface area contributed by atoms with Gasteiger partial charge in [0.1, 0.15) is 0 Å². The molecule has 142 valence electrons. The van der Waals surface area contributed by atoms with Gasteiger partial charge in [-0.1, -0.05) is 62.0 Å². The average molecular weight is 470 g/mol. The van der Waals surface area contributed by atoms with Crippen molar-refractivity contribution in [3.05, 3.63) is 52.3 Å². The van der Waals surface area contributed by atoms with Crippen molar-refractivity contribution in [2.75, 3.05) is 0 Å². The van der Waals surface area contributed by atoms with E-state index in [-0.39, 0.29) is 29.6 Å². The van der Waals surface area contributed by atoms with E-state index in [0.29, 0.717) is 22.4 Å². The fraction of sp³-hybridized carbons (Fsp3) is 0.350. The maximum Gasteiger partial charge on any atom is 1.00 e. The number of thioether (sulfide) groups is 1. The molecule has 28 heavy (non-hydrogen) atoms. The van der Waals surface area contributed by atoms with Gasteiger partial charge in [0.25, 0.3) is 0 Å². The van der Waals surface area contributed by atoms with Gasteiger partial charge in [-0.25, -0.2) is 0 Å². The molecule has 0 aliphatic rings. The minimum absolute atomic E-state index is 0. The quantitative estimate of drug-likeness (QED) is 0.397. The second-order valence-corrected chi connectivity index (χ2v) is 9.55. The van der Waals surface area contributed by atoms with Crippen LogP contribution in [0.3, 0.4) is 0 Å². The van der Waals surface area contributed by atoms with Gasteiger partial charge in [-0.05, 0) is 57.6 Å². The van der Waals surface area contributed by atoms with Crippen LogP contribution in [0.25, 0.3) is 10.8 Å². The molecule has 0 spiro atoms. The maximum atomic E-state index is 11.4. The molecular formula is C20H21BrN3NaO2S. The third-order valence-electron chi connectivity index (χ3n) is 4.51. The summed E-state index contributed by atoms with van der Waals surface area (Å²) >= 11 is 4.57. The predicted octanol–water partition coefficient (Wildman–Crippen LogP) is 0.990. The van der Waals surface area contributed by atoms with E-state index in [1.807, 2.05) is 10.6 Å². The number of aliphatic carboxylic acids is 1. The second-order valence-electron chi connectivity index (χ2n) is 7.25. The number of nitrogens with zero attached hydrogens (tertiary/aromatic N) is 3. The Bertz CT molecular complexity index is 1000. The molecule has 0 aliphatic carbocycles. The molecule has 0 amide bonds. The van der Waals surface area contributed by atoms with Crippen LogP contribution in [-0.2, 0) is 11.3 Å². The summed E-state index contributed by atoms with van der Waals surface area (Å²) in [6.07, 6.45) is 0. The van der Waals surface area contributed by atoms with Crippen molar-refractivity contribution in [1.29, 1.82) is 0 Å². The Kier molecular flexibility index (Phi) is 7.78. The van der Waals surface area contributed by atoms with Crippen LogP contribution in [0.5, 0.6) is 0 Å². The standard InChI is InChI=1S/C20H22BrN3O2S.Na/c1-12(2)14-10-9-13(15-7-5-6-8-16(14)15)11-24-18(21)22-23-19(24)27-20(3,4)17(25)26;/h5-10,12H,11H2,1-4H3,(H,25,26);/q;+1/p-1. The summed E-state index contributed by atoms with van der Waals surface area (Å²) < 4.78 is 1.34. The van der Waals surface area contributed by atoms with Crippen LogP contribution < -0.4 is 34.7 Å². The van der Waals surface area contributed by atoms with E-state index in [4.69, 9.17) is 0 Å². The third kappa shape index (κ3) is 4.82. The molecule has 0 saturated carbocycles. The van der Waals surface area contributed by atoms with Gasteiger partial charge in [0.2, 0.25) is 4.73 Å². The van der Waals surface area contributed by atoms with Crippen molar-refractivity contribution in [3.8, 4) is 0 Å². The monoisotopic (exact) mass is 469 g/mol. The summed E-state index contributed by atoms with van der Waals surface area (Å²) in [7, 11) is 0. The molecule has 1 heterocycles. The molecular weight excluding hydrogens is 449 g/mol. The minimum Gasteiger partial charge on any atom is -0.549 e. The van der Waals surface area contributed by atoms with Crippen LogP contribution >= 0.6 is 27.7 Å². The van der Waals surface area contributed by atoms with E-state index < -0.39 is 10.7 Å². The average Bonchev–Trinajstić information content (AvgIpc) is 2.94. The Morgan fingerprint density at radius 2 is 1.82 bits per heavy atom. The van der Waals surface area contributed by atoms with Crippen molar-refractivity contribution < 1.29 is 39.5 Å². The molecule has 1 aromatic heterocycles. The molecule has 3 aromatic rings. The predicted molar refractivity (Wildman–Crippen MR) is 110 cm³/mol. The number of carboxylic acids is 1. The number of benzene rings is 2. The first-order valence-corrected chi connectivity index (χ1v) is 10.3. The molecule has 2 aromatic carbocycles. The Morgan fingerprint density at radius 1 is 1.18 bits per heavy atom. The van der Waals surface area contributed by atoms with Crippen LogP contribution in [0, 0.1) is 0 Å². The van der Waals surface area contributed by atoms with Crippen molar-refractivity contribution in [2.45, 2.75) is 50.1 Å². The number of halogens is 1. The van der Waals surface area contributed by atoms with Gasteiger partial charge in [0, 0.05) is 0 Å². The molecule has 0 aliphatic heterocycles. The summed E-state index contributed by atoms with van der Waals surface area (Å²) in [6.45, 7) is 8.13. The number of aromatic nitrogens is 3. The summed E-state index contributed by atoms with van der Waals surface area (Å²) in [5.74, 6) is -0.703. The number of fused-ring (bicyclic) bond motifs is 1. The van der Waals surface area contributed by atoms with Crippen LogP contribution in [-0.4, -0.2) is 25.5 Å². The van der Waals surface area contributed by atoms with Crippen molar-refractivity contribution in [3.63, 3.8) is 0 Å². The number of rotatable bonds is 6. The molecule has 0 unspecified atom stereocenters. The van der Waals surface area contributed by atoms with Crippen LogP contribution in [0.15, 0.2) is 46.3 Å². The Balaban J connectivity index is 0.00000280. The first kappa shape index (κ1) is 23.4. The van der Waals surface area contributed by atoms with Gasteiger partial charge >= 0.3 is 29.6 Å². The summed E-state index contributed by atoms with van der Waals surface area (Å²) in [5, 5.41) is 22.5. The Morgan fingerprint density at radius 3 is 2.43 bits per heavy atom. The fourth-order valence-electron chi connectivity index (χ4n) is 2.95. The second kappa shape index (κ2) is 9.30. The van der Waals surface area contributed by atoms with E-state index >= 15 is 0 Å². The summed E-state index contributed by atoms with van der Waals surface area (Å²) in [5.41, 5.74) is 2.44. The molecule has 5 nitrogen and oxygen atoms in total. The molecule has 3 rings (SSSR count). The Hall–Kier alpha value is -0.860. The number of carbonyl (C=O) groups is 1. The van der Waals surface area contributed by atoms with Crippen molar-refractivity contribution >= 4 is 44.4 Å². The van der Waals surface area contributed by atoms with Gasteiger partial charge in [-0.15, -0.1) is 10.2 Å². The smallest absolute Gasteiger partial charge is 0.549 e. The molecule has 8 heteroatoms. The van der Waals surface area contributed by atoms with Gasteiger partial charge < -0.3 is 9.90 Å². The normalized spacial score (nSPS) is 11.6. The molecule has 0 N–H and O–H groups in total. The Labute approximate surface area is 199 Å². The summed E-state index contributed by atoms with van der Waals surface area (Å²) in [4.78, 5) is 11.4. The van der Waals surface area contributed by atoms with Gasteiger partial charge in [-0.2, -0.15) is 0 Å². The van der Waals surface area contributed by atoms with Crippen molar-refractivity contribution in [2.24, 2.45) is 0 Å². The zero-order chi connectivity index (χ0) is 19.8.